The summed E-state index contributed by atoms with van der Waals surface area (Å²) in [5, 5.41) is 0. The van der Waals surface area contributed by atoms with E-state index in [-0.39, 0.29) is 0 Å². The van der Waals surface area contributed by atoms with Crippen molar-refractivity contribution < 1.29 is 0 Å². The Morgan fingerprint density at radius 2 is 1.60 bits per heavy atom. The lowest BCUT2D eigenvalue weighted by atomic mass is 10.0. The molecule has 0 radical (unpaired) electrons. The van der Waals surface area contributed by atoms with Gasteiger partial charge in [0.2, 0.25) is 0 Å². The van der Waals surface area contributed by atoms with E-state index in [0.29, 0.717) is 0 Å². The molecule has 6 aliphatic rings. The largest absolute Gasteiger partial charge is 0.0779 e. The molecule has 0 saturated heterocycles. The summed E-state index contributed by atoms with van der Waals surface area (Å²) in [6.45, 7) is 0. The number of halogens is 1. The normalized spacial score (nSPS) is 97.5. The molecule has 10 heavy (non-hydrogen) atoms. The second-order valence-corrected chi connectivity index (χ2v) is 6.99. The first-order valence-corrected chi connectivity index (χ1v) is 5.62. The second-order valence-electron chi connectivity index (χ2n) is 5.12. The van der Waals surface area contributed by atoms with Gasteiger partial charge >= 0.3 is 0 Å². The Labute approximate surface area is 73.9 Å². The third-order valence-corrected chi connectivity index (χ3v) is 7.56. The molecule has 0 N–H and O–H groups in total. The molecular formula is C9H9I. The van der Waals surface area contributed by atoms with Crippen LogP contribution in [-0.2, 0) is 0 Å². The molecule has 0 aliphatic heterocycles. The molecule has 0 aromatic carbocycles. The number of alkyl halides is 1. The fourth-order valence-corrected chi connectivity index (χ4v) is 7.87. The van der Waals surface area contributed by atoms with Gasteiger partial charge in [0, 0.05) is 3.42 Å². The molecule has 0 aromatic rings. The first-order chi connectivity index (χ1) is 4.85. The van der Waals surface area contributed by atoms with Crippen LogP contribution in [0.1, 0.15) is 6.42 Å². The molecule has 0 nitrogen and oxygen atoms in total. The minimum absolute atomic E-state index is 0.917. The molecule has 6 saturated carbocycles. The van der Waals surface area contributed by atoms with Gasteiger partial charge in [-0.2, -0.15) is 0 Å². The van der Waals surface area contributed by atoms with E-state index in [1.165, 1.54) is 41.4 Å². The van der Waals surface area contributed by atoms with Crippen LogP contribution in [0.5, 0.6) is 0 Å². The quantitative estimate of drug-likeness (QED) is 0.451. The highest BCUT2D eigenvalue weighted by Crippen LogP contribution is 2.98. The molecule has 2 bridgehead atoms. The Bertz CT molecular complexity index is 236. The highest BCUT2D eigenvalue weighted by molar-refractivity contribution is 14.1. The summed E-state index contributed by atoms with van der Waals surface area (Å²) in [7, 11) is 0. The van der Waals surface area contributed by atoms with Crippen molar-refractivity contribution in [2.45, 2.75) is 9.84 Å². The molecule has 0 spiro atoms. The zero-order chi connectivity index (χ0) is 6.25. The predicted octanol–water partition coefficient (Wildman–Crippen LogP) is 1.93. The Balaban J connectivity index is 1.98. The van der Waals surface area contributed by atoms with Crippen molar-refractivity contribution in [3.05, 3.63) is 0 Å². The van der Waals surface area contributed by atoms with E-state index in [4.69, 9.17) is 0 Å². The van der Waals surface area contributed by atoms with E-state index in [1.807, 2.05) is 0 Å². The first-order valence-electron chi connectivity index (χ1n) is 4.54. The van der Waals surface area contributed by atoms with E-state index in [1.54, 1.807) is 6.42 Å². The van der Waals surface area contributed by atoms with Crippen LogP contribution >= 0.6 is 22.6 Å². The third-order valence-electron chi connectivity index (χ3n) is 5.40. The smallest absolute Gasteiger partial charge is 0.0324 e. The van der Waals surface area contributed by atoms with Crippen molar-refractivity contribution in [3.8, 4) is 0 Å². The van der Waals surface area contributed by atoms with E-state index in [0.717, 1.165) is 3.42 Å². The topological polar surface area (TPSA) is 0 Å². The van der Waals surface area contributed by atoms with Crippen LogP contribution in [0, 0.1) is 41.4 Å². The van der Waals surface area contributed by atoms with Gasteiger partial charge in [0.25, 0.3) is 0 Å². The fraction of sp³-hybridized carbons (Fsp3) is 1.00. The number of rotatable bonds is 0. The third kappa shape index (κ3) is 0.203. The fourth-order valence-electron chi connectivity index (χ4n) is 5.52. The molecule has 6 unspecified atom stereocenters. The molecular weight excluding hydrogens is 235 g/mol. The zero-order valence-electron chi connectivity index (χ0n) is 5.63. The van der Waals surface area contributed by atoms with Crippen molar-refractivity contribution in [1.29, 1.82) is 0 Å². The number of hydrogen-bond donors (Lipinski definition) is 0. The second kappa shape index (κ2) is 0.898. The zero-order valence-corrected chi connectivity index (χ0v) is 7.78. The van der Waals surface area contributed by atoms with Gasteiger partial charge in [-0.1, -0.05) is 22.6 Å². The molecule has 0 amide bonds. The summed E-state index contributed by atoms with van der Waals surface area (Å²) in [5.41, 5.74) is 0. The van der Waals surface area contributed by atoms with Crippen molar-refractivity contribution in [2.24, 2.45) is 41.4 Å². The monoisotopic (exact) mass is 244 g/mol. The summed E-state index contributed by atoms with van der Waals surface area (Å²) in [6.07, 6.45) is 1.66. The lowest BCUT2D eigenvalue weighted by Crippen LogP contribution is -2.01. The highest BCUT2D eigenvalue weighted by Gasteiger charge is 2.97. The molecule has 0 aromatic heterocycles. The van der Waals surface area contributed by atoms with Crippen LogP contribution in [0.4, 0.5) is 0 Å². The van der Waals surface area contributed by atoms with Gasteiger partial charge in [0.05, 0.1) is 0 Å². The van der Waals surface area contributed by atoms with Gasteiger partial charge in [-0.25, -0.2) is 0 Å². The first kappa shape index (κ1) is 4.68. The van der Waals surface area contributed by atoms with Gasteiger partial charge in [-0.15, -0.1) is 0 Å². The molecule has 6 aliphatic carbocycles. The summed E-state index contributed by atoms with van der Waals surface area (Å²) in [4.78, 5) is 0. The summed E-state index contributed by atoms with van der Waals surface area (Å²) >= 11 is 2.82. The van der Waals surface area contributed by atoms with Gasteiger partial charge < -0.3 is 0 Å². The predicted molar refractivity (Wildman–Crippen MR) is 45.8 cm³/mol. The lowest BCUT2D eigenvalue weighted by molar-refractivity contribution is 0.434. The average Bonchev–Trinajstić information content (AvgIpc) is 2.65. The van der Waals surface area contributed by atoms with Crippen LogP contribution in [0.3, 0.4) is 0 Å². The minimum Gasteiger partial charge on any atom is -0.0779 e. The highest BCUT2D eigenvalue weighted by atomic mass is 127. The van der Waals surface area contributed by atoms with Gasteiger partial charge in [-0.05, 0) is 47.8 Å². The molecule has 52 valence electrons. The van der Waals surface area contributed by atoms with Crippen LogP contribution in [0.15, 0.2) is 0 Å². The maximum absolute atomic E-state index is 2.82. The Morgan fingerprint density at radius 3 is 1.80 bits per heavy atom. The van der Waals surface area contributed by atoms with Gasteiger partial charge in [-0.3, -0.25) is 0 Å². The lowest BCUT2D eigenvalue weighted by Gasteiger charge is -2.03. The van der Waals surface area contributed by atoms with E-state index in [2.05, 4.69) is 22.6 Å². The Hall–Kier alpha value is 0.730. The average molecular weight is 244 g/mol. The Kier molecular flexibility index (Phi) is 0.421. The molecule has 6 fully saturated rings. The maximum Gasteiger partial charge on any atom is 0.0324 e. The molecule has 6 atom stereocenters. The van der Waals surface area contributed by atoms with Gasteiger partial charge in [0.1, 0.15) is 0 Å². The summed E-state index contributed by atoms with van der Waals surface area (Å²) < 4.78 is 0.917. The Morgan fingerprint density at radius 1 is 1.00 bits per heavy atom. The van der Waals surface area contributed by atoms with E-state index in [9.17, 15) is 0 Å². The van der Waals surface area contributed by atoms with Crippen LogP contribution in [0.25, 0.3) is 0 Å². The van der Waals surface area contributed by atoms with Crippen LogP contribution < -0.4 is 0 Å². The summed E-state index contributed by atoms with van der Waals surface area (Å²) in [6, 6.07) is 0. The molecule has 0 heterocycles. The van der Waals surface area contributed by atoms with Gasteiger partial charge in [0.15, 0.2) is 0 Å². The van der Waals surface area contributed by atoms with Crippen molar-refractivity contribution in [2.75, 3.05) is 0 Å². The van der Waals surface area contributed by atoms with Crippen molar-refractivity contribution in [3.63, 3.8) is 0 Å². The minimum atomic E-state index is 0.917. The molecule has 1 heteroatoms. The maximum atomic E-state index is 2.82. The van der Waals surface area contributed by atoms with E-state index >= 15 is 0 Å². The van der Waals surface area contributed by atoms with Crippen molar-refractivity contribution >= 4 is 22.6 Å². The summed E-state index contributed by atoms with van der Waals surface area (Å²) in [5.74, 6) is 8.81. The van der Waals surface area contributed by atoms with E-state index < -0.39 is 0 Å². The molecule has 6 rings (SSSR count). The number of hydrogen-bond acceptors (Lipinski definition) is 0. The SMILES string of the molecule is IC12C3C4C5CC(C43)C1C52. The van der Waals surface area contributed by atoms with Crippen LogP contribution in [-0.4, -0.2) is 3.42 Å². The van der Waals surface area contributed by atoms with Crippen molar-refractivity contribution in [1.82, 2.24) is 0 Å². The standard InChI is InChI=1S/C9H9I/c10-9-6-2-1-3(7(6)9)5-4(2)8(5)9/h2-8H,1H2. The van der Waals surface area contributed by atoms with Crippen LogP contribution in [0.2, 0.25) is 0 Å².